The van der Waals surface area contributed by atoms with Crippen molar-refractivity contribution >= 4 is 5.97 Å². The van der Waals surface area contributed by atoms with E-state index in [2.05, 4.69) is 5.32 Å². The number of nitrogens with one attached hydrogen (secondary N) is 1. The van der Waals surface area contributed by atoms with E-state index in [0.717, 1.165) is 18.2 Å². The highest BCUT2D eigenvalue weighted by Gasteiger charge is 2.62. The molecule has 1 aliphatic rings. The molecule has 5 nitrogen and oxygen atoms in total. The molecule has 0 radical (unpaired) electrons. The molecule has 3 atom stereocenters. The van der Waals surface area contributed by atoms with E-state index in [4.69, 9.17) is 9.47 Å². The van der Waals surface area contributed by atoms with Gasteiger partial charge in [0.25, 0.3) is 5.85 Å². The van der Waals surface area contributed by atoms with Gasteiger partial charge in [0.2, 0.25) is 0 Å². The van der Waals surface area contributed by atoms with E-state index in [1.807, 2.05) is 0 Å². The number of rotatable bonds is 6. The van der Waals surface area contributed by atoms with Gasteiger partial charge in [0.05, 0.1) is 11.6 Å². The van der Waals surface area contributed by atoms with Gasteiger partial charge in [0, 0.05) is 6.07 Å². The first-order valence-corrected chi connectivity index (χ1v) is 11.1. The Kier molecular flexibility index (Phi) is 6.95. The number of nitrogens with zero attached hydrogens (tertiary/aromatic N) is 1. The Morgan fingerprint density at radius 1 is 0.946 bits per heavy atom. The van der Waals surface area contributed by atoms with Crippen LogP contribution in [0.5, 0.6) is 5.75 Å². The molecule has 1 saturated heterocycles. The predicted molar refractivity (Wildman–Crippen MR) is 121 cm³/mol. The van der Waals surface area contributed by atoms with Crippen LogP contribution in [0.15, 0.2) is 72.8 Å². The van der Waals surface area contributed by atoms with Crippen LogP contribution in [0.25, 0.3) is 0 Å². The van der Waals surface area contributed by atoms with Crippen molar-refractivity contribution in [3.8, 4) is 5.75 Å². The largest absolute Gasteiger partial charge is 0.491 e. The molecule has 11 heteroatoms. The highest BCUT2D eigenvalue weighted by Crippen LogP contribution is 2.49. The summed E-state index contributed by atoms with van der Waals surface area (Å²) in [6, 6.07) is 14.4. The Balaban J connectivity index is 1.85. The van der Waals surface area contributed by atoms with E-state index >= 15 is 0 Å². The van der Waals surface area contributed by atoms with Gasteiger partial charge in [-0.05, 0) is 61.5 Å². The van der Waals surface area contributed by atoms with Crippen LogP contribution in [0.3, 0.4) is 0 Å². The molecule has 0 bridgehead atoms. The molecular formula is C26H22F6N2O3. The lowest BCUT2D eigenvalue weighted by atomic mass is 9.81. The number of benzene rings is 3. The van der Waals surface area contributed by atoms with Crippen LogP contribution in [0.1, 0.15) is 24.1 Å². The zero-order valence-corrected chi connectivity index (χ0v) is 19.7. The summed E-state index contributed by atoms with van der Waals surface area (Å²) in [5, 5.41) is 2.87. The molecule has 1 N–H and O–H groups in total. The molecule has 0 spiro atoms. The molecule has 1 heterocycles. The number of hydrogen-bond acceptors (Lipinski definition) is 5. The summed E-state index contributed by atoms with van der Waals surface area (Å²) >= 11 is 0. The van der Waals surface area contributed by atoms with E-state index in [-0.39, 0.29) is 11.3 Å². The van der Waals surface area contributed by atoms with Crippen molar-refractivity contribution in [3.63, 3.8) is 0 Å². The third-order valence-corrected chi connectivity index (χ3v) is 6.49. The van der Waals surface area contributed by atoms with E-state index in [0.29, 0.717) is 5.56 Å². The van der Waals surface area contributed by atoms with E-state index in [1.54, 1.807) is 13.0 Å². The third kappa shape index (κ3) is 5.14. The number of halogens is 6. The average Bonchev–Trinajstić information content (AvgIpc) is 3.06. The second-order valence-electron chi connectivity index (χ2n) is 8.77. The quantitative estimate of drug-likeness (QED) is 0.344. The standard InChI is InChI=1S/C26H22F6N2O3/c1-24(17-7-4-9-19(28)13-17)22(16-6-3-8-18(27)12-16)33-25(34(24)2,37-23(35)26(30,31)32)15-36-21-11-5-10-20(29)14-21/h3-14,22,33H,15H2,1-2H3. The number of esters is 1. The van der Waals surface area contributed by atoms with Crippen molar-refractivity contribution in [3.05, 3.63) is 101 Å². The molecule has 196 valence electrons. The zero-order valence-electron chi connectivity index (χ0n) is 19.7. The zero-order chi connectivity index (χ0) is 27.0. The molecule has 4 rings (SSSR count). The maximum absolute atomic E-state index is 14.3. The maximum Gasteiger partial charge on any atom is 0.491 e. The minimum absolute atomic E-state index is 0.0423. The molecule has 1 fully saturated rings. The molecule has 0 saturated carbocycles. The van der Waals surface area contributed by atoms with Gasteiger partial charge in [-0.1, -0.05) is 30.3 Å². The van der Waals surface area contributed by atoms with E-state index in [1.165, 1.54) is 60.5 Å². The lowest BCUT2D eigenvalue weighted by Crippen LogP contribution is -2.60. The summed E-state index contributed by atoms with van der Waals surface area (Å²) in [5.41, 5.74) is -0.811. The Morgan fingerprint density at radius 2 is 1.54 bits per heavy atom. The topological polar surface area (TPSA) is 50.8 Å². The van der Waals surface area contributed by atoms with Crippen LogP contribution in [0, 0.1) is 17.5 Å². The van der Waals surface area contributed by atoms with Gasteiger partial charge >= 0.3 is 12.1 Å². The molecule has 3 unspecified atom stereocenters. The first kappa shape index (κ1) is 26.5. The minimum Gasteiger partial charge on any atom is -0.486 e. The van der Waals surface area contributed by atoms with Crippen LogP contribution in [-0.2, 0) is 15.1 Å². The van der Waals surface area contributed by atoms with Crippen LogP contribution < -0.4 is 10.1 Å². The fraction of sp³-hybridized carbons (Fsp3) is 0.269. The van der Waals surface area contributed by atoms with Crippen molar-refractivity contribution in [1.29, 1.82) is 0 Å². The van der Waals surface area contributed by atoms with Crippen molar-refractivity contribution < 1.29 is 40.6 Å². The number of carbonyl (C=O) groups is 1. The van der Waals surface area contributed by atoms with Crippen molar-refractivity contribution in [2.24, 2.45) is 0 Å². The summed E-state index contributed by atoms with van der Waals surface area (Å²) in [5.74, 6) is -6.75. The SMILES string of the molecule is CN1C(COc2cccc(F)c2)(OC(=O)C(F)(F)F)NC(c2cccc(F)c2)C1(C)c1cccc(F)c1. The van der Waals surface area contributed by atoms with Crippen LogP contribution in [0.4, 0.5) is 26.3 Å². The summed E-state index contributed by atoms with van der Waals surface area (Å²) in [6.45, 7) is 0.848. The number of likely N-dealkylation sites (N-methyl/N-ethyl adjacent to an activating group) is 1. The molecule has 0 amide bonds. The smallest absolute Gasteiger partial charge is 0.486 e. The van der Waals surface area contributed by atoms with Gasteiger partial charge in [0.15, 0.2) is 6.61 Å². The summed E-state index contributed by atoms with van der Waals surface area (Å²) in [7, 11) is 1.36. The third-order valence-electron chi connectivity index (χ3n) is 6.49. The van der Waals surface area contributed by atoms with Crippen molar-refractivity contribution in [2.45, 2.75) is 30.5 Å². The first-order valence-electron chi connectivity index (χ1n) is 11.1. The average molecular weight is 524 g/mol. The Labute approximate surface area is 208 Å². The van der Waals surface area contributed by atoms with Gasteiger partial charge in [-0.15, -0.1) is 0 Å². The number of carbonyl (C=O) groups excluding carboxylic acids is 1. The highest BCUT2D eigenvalue weighted by atomic mass is 19.4. The molecule has 1 aliphatic heterocycles. The predicted octanol–water partition coefficient (Wildman–Crippen LogP) is 5.43. The van der Waals surface area contributed by atoms with Gasteiger partial charge in [-0.25, -0.2) is 22.9 Å². The van der Waals surface area contributed by atoms with Crippen molar-refractivity contribution in [2.75, 3.05) is 13.7 Å². The molecule has 0 aliphatic carbocycles. The van der Waals surface area contributed by atoms with Gasteiger partial charge in [-0.2, -0.15) is 13.2 Å². The highest BCUT2D eigenvalue weighted by molar-refractivity contribution is 5.76. The maximum atomic E-state index is 14.3. The first-order chi connectivity index (χ1) is 17.3. The molecule has 3 aromatic rings. The second-order valence-corrected chi connectivity index (χ2v) is 8.77. The van der Waals surface area contributed by atoms with Crippen LogP contribution in [-0.4, -0.2) is 36.5 Å². The van der Waals surface area contributed by atoms with Gasteiger partial charge < -0.3 is 9.47 Å². The van der Waals surface area contributed by atoms with E-state index in [9.17, 15) is 31.1 Å². The van der Waals surface area contributed by atoms with Crippen LogP contribution >= 0.6 is 0 Å². The minimum atomic E-state index is -5.36. The monoisotopic (exact) mass is 524 g/mol. The summed E-state index contributed by atoms with van der Waals surface area (Å²) < 4.78 is 92.8. The van der Waals surface area contributed by atoms with Crippen LogP contribution in [0.2, 0.25) is 0 Å². The molecule has 3 aromatic carbocycles. The Hall–Kier alpha value is -3.57. The second kappa shape index (κ2) is 9.71. The van der Waals surface area contributed by atoms with Crippen molar-refractivity contribution in [1.82, 2.24) is 10.2 Å². The molecular weight excluding hydrogens is 502 g/mol. The fourth-order valence-electron chi connectivity index (χ4n) is 4.50. The van der Waals surface area contributed by atoms with Gasteiger partial charge in [-0.3, -0.25) is 5.32 Å². The normalized spacial score (nSPS) is 24.2. The van der Waals surface area contributed by atoms with E-state index < -0.39 is 53.6 Å². The fourth-order valence-corrected chi connectivity index (χ4v) is 4.50. The lowest BCUT2D eigenvalue weighted by Gasteiger charge is -2.41. The number of hydrogen-bond donors (Lipinski definition) is 1. The molecule has 37 heavy (non-hydrogen) atoms. The Morgan fingerprint density at radius 3 is 2.14 bits per heavy atom. The Bertz CT molecular complexity index is 1300. The van der Waals surface area contributed by atoms with Gasteiger partial charge in [0.1, 0.15) is 23.2 Å². The lowest BCUT2D eigenvalue weighted by molar-refractivity contribution is -0.238. The molecule has 0 aromatic heterocycles. The number of ether oxygens (including phenoxy) is 2. The summed E-state index contributed by atoms with van der Waals surface area (Å²) in [6.07, 6.45) is -5.36. The summed E-state index contributed by atoms with van der Waals surface area (Å²) in [4.78, 5) is 13.3. The number of alkyl halides is 3.